The van der Waals surface area contributed by atoms with E-state index in [1.165, 1.54) is 0 Å². The normalized spacial score (nSPS) is 12.0. The van der Waals surface area contributed by atoms with Gasteiger partial charge in [-0.05, 0) is 30.7 Å². The fraction of sp³-hybridized carbons (Fsp3) is 0.375. The Hall–Kier alpha value is -2.30. The number of aromatic nitrogens is 1. The summed E-state index contributed by atoms with van der Waals surface area (Å²) in [4.78, 5) is 12.0. The number of hydrogen-bond donors (Lipinski definition) is 1. The van der Waals surface area contributed by atoms with Gasteiger partial charge < -0.3 is 14.6 Å². The lowest BCUT2D eigenvalue weighted by Crippen LogP contribution is -2.22. The number of carbonyl (C=O) groups excluding carboxylic acids is 1. The first kappa shape index (κ1) is 15.1. The number of nitrogens with one attached hydrogen (secondary N) is 1. The molecule has 0 saturated carbocycles. The molecule has 1 N–H and O–H groups in total. The van der Waals surface area contributed by atoms with Crippen LogP contribution in [0.15, 0.2) is 34.9 Å². The number of benzene rings is 1. The number of hydrogen-bond acceptors (Lipinski definition) is 4. The highest BCUT2D eigenvalue weighted by atomic mass is 16.5. The Labute approximate surface area is 124 Å². The van der Waals surface area contributed by atoms with Crippen LogP contribution in [-0.4, -0.2) is 18.2 Å². The SMILES string of the molecule is CCC(C)c1cc(CNC(=O)c2ccc(OC)cc2)on1. The van der Waals surface area contributed by atoms with Gasteiger partial charge in [-0.15, -0.1) is 0 Å². The average molecular weight is 288 g/mol. The van der Waals surface area contributed by atoms with Crippen LogP contribution in [0.2, 0.25) is 0 Å². The molecule has 0 aliphatic rings. The first-order valence-corrected chi connectivity index (χ1v) is 7.01. The summed E-state index contributed by atoms with van der Waals surface area (Å²) in [5.41, 5.74) is 1.50. The van der Waals surface area contributed by atoms with Crippen LogP contribution in [0, 0.1) is 0 Å². The van der Waals surface area contributed by atoms with E-state index in [1.54, 1.807) is 31.4 Å². The molecule has 1 atom stereocenters. The van der Waals surface area contributed by atoms with E-state index in [4.69, 9.17) is 9.26 Å². The Balaban J connectivity index is 1.92. The van der Waals surface area contributed by atoms with E-state index in [0.717, 1.165) is 17.9 Å². The maximum absolute atomic E-state index is 12.0. The minimum atomic E-state index is -0.154. The largest absolute Gasteiger partial charge is 0.497 e. The van der Waals surface area contributed by atoms with Crippen molar-refractivity contribution in [3.8, 4) is 5.75 Å². The lowest BCUT2D eigenvalue weighted by Gasteiger charge is -2.04. The zero-order chi connectivity index (χ0) is 15.2. The second-order valence-corrected chi connectivity index (χ2v) is 4.94. The predicted molar refractivity (Wildman–Crippen MR) is 79.4 cm³/mol. The van der Waals surface area contributed by atoms with Crippen LogP contribution in [0.3, 0.4) is 0 Å². The molecule has 0 radical (unpaired) electrons. The minimum absolute atomic E-state index is 0.154. The first-order chi connectivity index (χ1) is 10.1. The fourth-order valence-corrected chi connectivity index (χ4v) is 1.87. The van der Waals surface area contributed by atoms with Crippen LogP contribution in [-0.2, 0) is 6.54 Å². The van der Waals surface area contributed by atoms with Crippen LogP contribution in [0.1, 0.15) is 48.0 Å². The highest BCUT2D eigenvalue weighted by Crippen LogP contribution is 2.18. The summed E-state index contributed by atoms with van der Waals surface area (Å²) in [6.07, 6.45) is 1.00. The van der Waals surface area contributed by atoms with Crippen molar-refractivity contribution in [3.05, 3.63) is 47.3 Å². The molecule has 0 aliphatic heterocycles. The van der Waals surface area contributed by atoms with E-state index in [-0.39, 0.29) is 5.91 Å². The van der Waals surface area contributed by atoms with Gasteiger partial charge in [0.15, 0.2) is 5.76 Å². The Kier molecular flexibility index (Phi) is 4.98. The third-order valence-corrected chi connectivity index (χ3v) is 3.47. The van der Waals surface area contributed by atoms with Gasteiger partial charge in [-0.2, -0.15) is 0 Å². The van der Waals surface area contributed by atoms with Gasteiger partial charge in [0.1, 0.15) is 5.75 Å². The van der Waals surface area contributed by atoms with Crippen LogP contribution in [0.4, 0.5) is 0 Å². The molecule has 1 aromatic carbocycles. The van der Waals surface area contributed by atoms with Crippen molar-refractivity contribution >= 4 is 5.91 Å². The van der Waals surface area contributed by atoms with Crippen molar-refractivity contribution in [2.24, 2.45) is 0 Å². The number of rotatable bonds is 6. The van der Waals surface area contributed by atoms with Crippen LogP contribution in [0.25, 0.3) is 0 Å². The van der Waals surface area contributed by atoms with Crippen molar-refractivity contribution in [2.75, 3.05) is 7.11 Å². The molecule has 5 nitrogen and oxygen atoms in total. The van der Waals surface area contributed by atoms with E-state index in [1.807, 2.05) is 6.07 Å². The molecular formula is C16H20N2O3. The molecule has 1 unspecified atom stereocenters. The summed E-state index contributed by atoms with van der Waals surface area (Å²) >= 11 is 0. The molecule has 0 bridgehead atoms. The smallest absolute Gasteiger partial charge is 0.251 e. The van der Waals surface area contributed by atoms with Gasteiger partial charge in [0.05, 0.1) is 19.3 Å². The van der Waals surface area contributed by atoms with Gasteiger partial charge in [0, 0.05) is 17.5 Å². The maximum Gasteiger partial charge on any atom is 0.251 e. The second-order valence-electron chi connectivity index (χ2n) is 4.94. The number of amides is 1. The fourth-order valence-electron chi connectivity index (χ4n) is 1.87. The summed E-state index contributed by atoms with van der Waals surface area (Å²) in [7, 11) is 1.59. The Morgan fingerprint density at radius 3 is 2.71 bits per heavy atom. The summed E-state index contributed by atoms with van der Waals surface area (Å²) in [5.74, 6) is 1.59. The quantitative estimate of drug-likeness (QED) is 0.887. The standard InChI is InChI=1S/C16H20N2O3/c1-4-11(2)15-9-14(21-18-15)10-17-16(19)12-5-7-13(20-3)8-6-12/h5-9,11H,4,10H2,1-3H3,(H,17,19). The highest BCUT2D eigenvalue weighted by Gasteiger charge is 2.11. The number of ether oxygens (including phenoxy) is 1. The topological polar surface area (TPSA) is 64.4 Å². The van der Waals surface area contributed by atoms with Gasteiger partial charge in [-0.1, -0.05) is 19.0 Å². The van der Waals surface area contributed by atoms with Gasteiger partial charge in [0.25, 0.3) is 5.91 Å². The van der Waals surface area contributed by atoms with Crippen molar-refractivity contribution in [1.82, 2.24) is 10.5 Å². The summed E-state index contributed by atoms with van der Waals surface area (Å²) in [6.45, 7) is 4.52. The van der Waals surface area contributed by atoms with Gasteiger partial charge in [-0.3, -0.25) is 4.79 Å². The average Bonchev–Trinajstić information content (AvgIpc) is 3.01. The molecule has 21 heavy (non-hydrogen) atoms. The van der Waals surface area contributed by atoms with Gasteiger partial charge in [0.2, 0.25) is 0 Å². The van der Waals surface area contributed by atoms with E-state index < -0.39 is 0 Å². The van der Waals surface area contributed by atoms with E-state index in [9.17, 15) is 4.79 Å². The van der Waals surface area contributed by atoms with Crippen LogP contribution in [0.5, 0.6) is 5.75 Å². The van der Waals surface area contributed by atoms with Crippen LogP contribution < -0.4 is 10.1 Å². The summed E-state index contributed by atoms with van der Waals surface area (Å²) in [6, 6.07) is 8.84. The van der Waals surface area contributed by atoms with Gasteiger partial charge >= 0.3 is 0 Å². The van der Waals surface area contributed by atoms with E-state index >= 15 is 0 Å². The monoisotopic (exact) mass is 288 g/mol. The van der Waals surface area contributed by atoms with Crippen molar-refractivity contribution < 1.29 is 14.1 Å². The highest BCUT2D eigenvalue weighted by molar-refractivity contribution is 5.94. The minimum Gasteiger partial charge on any atom is -0.497 e. The molecule has 2 aromatic rings. The second kappa shape index (κ2) is 6.92. The van der Waals surface area contributed by atoms with Crippen molar-refractivity contribution in [2.45, 2.75) is 32.7 Å². The first-order valence-electron chi connectivity index (χ1n) is 7.01. The molecular weight excluding hydrogens is 268 g/mol. The van der Waals surface area contributed by atoms with Crippen molar-refractivity contribution in [3.63, 3.8) is 0 Å². The van der Waals surface area contributed by atoms with E-state index in [0.29, 0.717) is 23.8 Å². The number of carbonyl (C=O) groups is 1. The zero-order valence-corrected chi connectivity index (χ0v) is 12.6. The summed E-state index contributed by atoms with van der Waals surface area (Å²) in [5, 5.41) is 6.83. The number of methoxy groups -OCH3 is 1. The molecule has 0 spiro atoms. The van der Waals surface area contributed by atoms with Gasteiger partial charge in [-0.25, -0.2) is 0 Å². The maximum atomic E-state index is 12.0. The predicted octanol–water partition coefficient (Wildman–Crippen LogP) is 3.13. The Morgan fingerprint density at radius 1 is 1.38 bits per heavy atom. The Bertz CT molecular complexity index is 590. The molecule has 1 amide bonds. The van der Waals surface area contributed by atoms with Crippen molar-refractivity contribution in [1.29, 1.82) is 0 Å². The molecule has 0 saturated heterocycles. The molecule has 2 rings (SSSR count). The molecule has 0 aliphatic carbocycles. The Morgan fingerprint density at radius 2 is 2.10 bits per heavy atom. The molecule has 112 valence electrons. The lowest BCUT2D eigenvalue weighted by atomic mass is 10.1. The van der Waals surface area contributed by atoms with E-state index in [2.05, 4.69) is 24.3 Å². The zero-order valence-electron chi connectivity index (χ0n) is 12.6. The summed E-state index contributed by atoms with van der Waals surface area (Å²) < 4.78 is 10.3. The molecule has 0 fully saturated rings. The molecule has 1 aromatic heterocycles. The third-order valence-electron chi connectivity index (χ3n) is 3.47. The lowest BCUT2D eigenvalue weighted by molar-refractivity contribution is 0.0947. The third kappa shape index (κ3) is 3.84. The number of nitrogens with zero attached hydrogens (tertiary/aromatic N) is 1. The molecule has 1 heterocycles. The molecule has 5 heteroatoms. The van der Waals surface area contributed by atoms with Crippen LogP contribution >= 0.6 is 0 Å².